The van der Waals surface area contributed by atoms with Gasteiger partial charge in [-0.1, -0.05) is 17.7 Å². The number of carbonyl (C=O) groups excluding carboxylic acids is 2. The topological polar surface area (TPSA) is 105 Å². The molecule has 0 spiro atoms. The quantitative estimate of drug-likeness (QED) is 0.725. The van der Waals surface area contributed by atoms with E-state index in [-0.39, 0.29) is 24.0 Å². The third-order valence-electron chi connectivity index (χ3n) is 5.46. The number of sulfonamides is 1. The molecule has 2 aromatic rings. The minimum absolute atomic E-state index is 0.0565. The highest BCUT2D eigenvalue weighted by Gasteiger charge is 2.40. The lowest BCUT2D eigenvalue weighted by atomic mass is 10.1. The van der Waals surface area contributed by atoms with Crippen LogP contribution in [0.3, 0.4) is 0 Å². The molecule has 2 heterocycles. The maximum absolute atomic E-state index is 13.5. The van der Waals surface area contributed by atoms with Crippen LogP contribution >= 0.6 is 11.6 Å². The molecule has 0 aromatic heterocycles. The summed E-state index contributed by atoms with van der Waals surface area (Å²) in [4.78, 5) is 24.6. The number of carbonyl (C=O) groups is 2. The number of aryl methyl sites for hydroxylation is 2. The maximum atomic E-state index is 13.5. The van der Waals surface area contributed by atoms with E-state index in [0.717, 1.165) is 5.56 Å². The third kappa shape index (κ3) is 4.13. The molecule has 10 heteroatoms. The van der Waals surface area contributed by atoms with Crippen LogP contribution < -0.4 is 15.4 Å². The van der Waals surface area contributed by atoms with Crippen LogP contribution in [0.15, 0.2) is 35.2 Å². The van der Waals surface area contributed by atoms with Crippen LogP contribution in [0.4, 0.5) is 11.4 Å². The first-order valence-corrected chi connectivity index (χ1v) is 11.6. The highest BCUT2D eigenvalue weighted by molar-refractivity contribution is 7.89. The number of rotatable bonds is 4. The molecule has 31 heavy (non-hydrogen) atoms. The van der Waals surface area contributed by atoms with Crippen LogP contribution in [-0.4, -0.2) is 43.7 Å². The zero-order valence-corrected chi connectivity index (χ0v) is 18.6. The van der Waals surface area contributed by atoms with Crippen molar-refractivity contribution >= 4 is 44.8 Å². The van der Waals surface area contributed by atoms with Gasteiger partial charge in [0.2, 0.25) is 15.9 Å². The van der Waals surface area contributed by atoms with Gasteiger partial charge in [-0.05, 0) is 56.0 Å². The molecule has 4 rings (SSSR count). The van der Waals surface area contributed by atoms with Gasteiger partial charge in [0, 0.05) is 23.3 Å². The Morgan fingerprint density at radius 3 is 2.77 bits per heavy atom. The standard InChI is InChI=1S/C21H22ClN3O5S/c1-12-5-6-14(22)9-15(12)24-21(27)17-4-3-7-25(17)31(28,29)19-10-18-16(8-13(19)2)23-20(26)11-30-18/h5-6,8-10,17H,3-4,7,11H2,1-2H3,(H,23,26)(H,24,27). The zero-order valence-electron chi connectivity index (χ0n) is 17.1. The Hall–Kier alpha value is -2.62. The van der Waals surface area contributed by atoms with Crippen molar-refractivity contribution < 1.29 is 22.7 Å². The number of halogens is 1. The second-order valence-corrected chi connectivity index (χ2v) is 9.97. The first-order chi connectivity index (χ1) is 14.7. The normalized spacial score (nSPS) is 18.8. The Balaban J connectivity index is 1.63. The average molecular weight is 464 g/mol. The molecule has 164 valence electrons. The molecule has 2 aliphatic heterocycles. The summed E-state index contributed by atoms with van der Waals surface area (Å²) in [6.07, 6.45) is 0.990. The van der Waals surface area contributed by atoms with Crippen molar-refractivity contribution in [3.05, 3.63) is 46.5 Å². The van der Waals surface area contributed by atoms with Crippen LogP contribution in [-0.2, 0) is 19.6 Å². The molecule has 1 atom stereocenters. The largest absolute Gasteiger partial charge is 0.482 e. The second kappa shape index (κ2) is 8.14. The molecule has 0 radical (unpaired) electrons. The number of amides is 2. The lowest BCUT2D eigenvalue weighted by molar-refractivity contribution is -0.119. The number of benzene rings is 2. The Kier molecular flexibility index (Phi) is 5.67. The number of hydrogen-bond donors (Lipinski definition) is 2. The molecular weight excluding hydrogens is 442 g/mol. The Labute approximate surface area is 185 Å². The van der Waals surface area contributed by atoms with Crippen molar-refractivity contribution in [3.8, 4) is 5.75 Å². The summed E-state index contributed by atoms with van der Waals surface area (Å²) in [5.74, 6) is -0.404. The van der Waals surface area contributed by atoms with Crippen molar-refractivity contribution in [3.63, 3.8) is 0 Å². The zero-order chi connectivity index (χ0) is 22.3. The van der Waals surface area contributed by atoms with E-state index in [1.54, 1.807) is 31.2 Å². The molecule has 1 fully saturated rings. The summed E-state index contributed by atoms with van der Waals surface area (Å²) in [6, 6.07) is 7.30. The molecule has 0 aliphatic carbocycles. The lowest BCUT2D eigenvalue weighted by Crippen LogP contribution is -2.43. The van der Waals surface area contributed by atoms with Crippen molar-refractivity contribution in [2.75, 3.05) is 23.8 Å². The van der Waals surface area contributed by atoms with Gasteiger partial charge in [0.05, 0.1) is 10.6 Å². The lowest BCUT2D eigenvalue weighted by Gasteiger charge is -2.26. The van der Waals surface area contributed by atoms with Gasteiger partial charge in [-0.3, -0.25) is 9.59 Å². The van der Waals surface area contributed by atoms with Gasteiger partial charge in [0.25, 0.3) is 5.91 Å². The second-order valence-electron chi connectivity index (χ2n) is 7.67. The molecule has 1 saturated heterocycles. The van der Waals surface area contributed by atoms with Gasteiger partial charge in [-0.25, -0.2) is 8.42 Å². The molecule has 1 unspecified atom stereocenters. The maximum Gasteiger partial charge on any atom is 0.262 e. The van der Waals surface area contributed by atoms with Crippen LogP contribution in [0.1, 0.15) is 24.0 Å². The van der Waals surface area contributed by atoms with E-state index in [1.165, 1.54) is 10.4 Å². The smallest absolute Gasteiger partial charge is 0.262 e. The van der Waals surface area contributed by atoms with Crippen LogP contribution in [0.5, 0.6) is 5.75 Å². The van der Waals surface area contributed by atoms with Gasteiger partial charge >= 0.3 is 0 Å². The van der Waals surface area contributed by atoms with Gasteiger partial charge < -0.3 is 15.4 Å². The van der Waals surface area contributed by atoms with Gasteiger partial charge in [-0.15, -0.1) is 0 Å². The Bertz CT molecular complexity index is 1180. The van der Waals surface area contributed by atoms with Gasteiger partial charge in [0.15, 0.2) is 6.61 Å². The number of nitrogens with zero attached hydrogens (tertiary/aromatic N) is 1. The number of nitrogens with one attached hydrogen (secondary N) is 2. The SMILES string of the molecule is Cc1ccc(Cl)cc1NC(=O)C1CCCN1S(=O)(=O)c1cc2c(cc1C)NC(=O)CO2. The highest BCUT2D eigenvalue weighted by atomic mass is 35.5. The average Bonchev–Trinajstić information content (AvgIpc) is 3.21. The molecule has 2 aliphatic rings. The van der Waals surface area contributed by atoms with Gasteiger partial charge in [-0.2, -0.15) is 4.31 Å². The summed E-state index contributed by atoms with van der Waals surface area (Å²) in [5, 5.41) is 5.96. The molecule has 0 bridgehead atoms. The number of anilines is 2. The van der Waals surface area contributed by atoms with Gasteiger partial charge in [0.1, 0.15) is 11.8 Å². The minimum Gasteiger partial charge on any atom is -0.482 e. The first kappa shape index (κ1) is 21.6. The fraction of sp³-hybridized carbons (Fsp3) is 0.333. The predicted molar refractivity (Wildman–Crippen MR) is 117 cm³/mol. The van der Waals surface area contributed by atoms with E-state index in [9.17, 15) is 18.0 Å². The summed E-state index contributed by atoms with van der Waals surface area (Å²) in [6.45, 7) is 3.55. The summed E-state index contributed by atoms with van der Waals surface area (Å²) in [7, 11) is -3.97. The molecule has 2 N–H and O–H groups in total. The summed E-state index contributed by atoms with van der Waals surface area (Å²) < 4.78 is 33.6. The van der Waals surface area contributed by atoms with Crippen molar-refractivity contribution in [1.29, 1.82) is 0 Å². The monoisotopic (exact) mass is 463 g/mol. The van der Waals surface area contributed by atoms with Crippen LogP contribution in [0, 0.1) is 13.8 Å². The predicted octanol–water partition coefficient (Wildman–Crippen LogP) is 3.08. The van der Waals surface area contributed by atoms with E-state index in [2.05, 4.69) is 10.6 Å². The third-order valence-corrected chi connectivity index (χ3v) is 7.75. The fourth-order valence-corrected chi connectivity index (χ4v) is 5.91. The van der Waals surface area contributed by atoms with Crippen LogP contribution in [0.25, 0.3) is 0 Å². The van der Waals surface area contributed by atoms with Crippen molar-refractivity contribution in [2.45, 2.75) is 37.6 Å². The fourth-order valence-electron chi connectivity index (χ4n) is 3.86. The minimum atomic E-state index is -3.97. The molecular formula is C21H22ClN3O5S. The number of hydrogen-bond acceptors (Lipinski definition) is 5. The summed E-state index contributed by atoms with van der Waals surface area (Å²) >= 11 is 6.03. The molecule has 2 aromatic carbocycles. The summed E-state index contributed by atoms with van der Waals surface area (Å²) in [5.41, 5.74) is 2.27. The van der Waals surface area contributed by atoms with E-state index in [1.807, 2.05) is 6.92 Å². The van der Waals surface area contributed by atoms with Crippen molar-refractivity contribution in [1.82, 2.24) is 4.31 Å². The van der Waals surface area contributed by atoms with E-state index < -0.39 is 22.0 Å². The number of fused-ring (bicyclic) bond motifs is 1. The number of ether oxygens (including phenoxy) is 1. The Morgan fingerprint density at radius 2 is 2.00 bits per heavy atom. The van der Waals surface area contributed by atoms with E-state index in [0.29, 0.717) is 40.6 Å². The van der Waals surface area contributed by atoms with E-state index in [4.69, 9.17) is 16.3 Å². The first-order valence-electron chi connectivity index (χ1n) is 9.83. The van der Waals surface area contributed by atoms with E-state index >= 15 is 0 Å². The van der Waals surface area contributed by atoms with Crippen LogP contribution in [0.2, 0.25) is 5.02 Å². The molecule has 2 amide bonds. The molecule has 8 nitrogen and oxygen atoms in total. The van der Waals surface area contributed by atoms with Crippen molar-refractivity contribution in [2.24, 2.45) is 0 Å². The molecule has 0 saturated carbocycles. The highest BCUT2D eigenvalue weighted by Crippen LogP contribution is 2.36. The Morgan fingerprint density at radius 1 is 1.23 bits per heavy atom.